The standard InChI is InChI=1S/C18H36N4/c1-16(2)22-14-18(15-22)13-21-10-8-20(9-11-21)12-17-4-6-19(3)7-5-17/h16-18H,4-15H2,1-3H3. The van der Waals surface area contributed by atoms with Gasteiger partial charge in [0.15, 0.2) is 0 Å². The van der Waals surface area contributed by atoms with Crippen LogP contribution in [0.3, 0.4) is 0 Å². The SMILES string of the molecule is CC(C)N1CC(CN2CCN(CC3CCN(C)CC3)CC2)C1. The highest BCUT2D eigenvalue weighted by Crippen LogP contribution is 2.21. The topological polar surface area (TPSA) is 13.0 Å². The van der Waals surface area contributed by atoms with Crippen LogP contribution in [0, 0.1) is 11.8 Å². The number of piperidine rings is 1. The molecule has 22 heavy (non-hydrogen) atoms. The van der Waals surface area contributed by atoms with Crippen molar-refractivity contribution in [2.45, 2.75) is 32.7 Å². The minimum atomic E-state index is 0.739. The van der Waals surface area contributed by atoms with Crippen molar-refractivity contribution in [3.63, 3.8) is 0 Å². The van der Waals surface area contributed by atoms with Gasteiger partial charge in [-0.2, -0.15) is 0 Å². The van der Waals surface area contributed by atoms with Crippen LogP contribution in [0.4, 0.5) is 0 Å². The highest BCUT2D eigenvalue weighted by atomic mass is 15.3. The van der Waals surface area contributed by atoms with Crippen molar-refractivity contribution in [3.05, 3.63) is 0 Å². The zero-order chi connectivity index (χ0) is 15.5. The van der Waals surface area contributed by atoms with Gasteiger partial charge in [0.1, 0.15) is 0 Å². The number of rotatable bonds is 5. The summed E-state index contributed by atoms with van der Waals surface area (Å²) in [7, 11) is 2.26. The molecule has 128 valence electrons. The average Bonchev–Trinajstić information content (AvgIpc) is 2.46. The summed E-state index contributed by atoms with van der Waals surface area (Å²) in [6.45, 7) is 17.8. The van der Waals surface area contributed by atoms with Gasteiger partial charge in [0.05, 0.1) is 0 Å². The summed E-state index contributed by atoms with van der Waals surface area (Å²) >= 11 is 0. The second-order valence-corrected chi connectivity index (χ2v) is 8.26. The van der Waals surface area contributed by atoms with Crippen LogP contribution in [0.25, 0.3) is 0 Å². The van der Waals surface area contributed by atoms with E-state index in [2.05, 4.69) is 40.5 Å². The summed E-state index contributed by atoms with van der Waals surface area (Å²) in [5.41, 5.74) is 0. The van der Waals surface area contributed by atoms with E-state index in [1.54, 1.807) is 0 Å². The molecule has 4 nitrogen and oxygen atoms in total. The van der Waals surface area contributed by atoms with E-state index < -0.39 is 0 Å². The fourth-order valence-corrected chi connectivity index (χ4v) is 4.28. The van der Waals surface area contributed by atoms with E-state index >= 15 is 0 Å². The lowest BCUT2D eigenvalue weighted by molar-refractivity contribution is 0.0251. The van der Waals surface area contributed by atoms with Gasteiger partial charge in [-0.15, -0.1) is 0 Å². The van der Waals surface area contributed by atoms with Gasteiger partial charge < -0.3 is 19.6 Å². The van der Waals surface area contributed by atoms with Crippen molar-refractivity contribution in [3.8, 4) is 0 Å². The fourth-order valence-electron chi connectivity index (χ4n) is 4.28. The third-order valence-electron chi connectivity index (χ3n) is 6.05. The van der Waals surface area contributed by atoms with Crippen LogP contribution in [0.1, 0.15) is 26.7 Å². The van der Waals surface area contributed by atoms with E-state index in [0.29, 0.717) is 0 Å². The summed E-state index contributed by atoms with van der Waals surface area (Å²) in [6, 6.07) is 0.739. The molecule has 0 aromatic carbocycles. The number of hydrogen-bond donors (Lipinski definition) is 0. The Labute approximate surface area is 137 Å². The Hall–Kier alpha value is -0.160. The Bertz CT molecular complexity index is 324. The molecule has 0 unspecified atom stereocenters. The predicted octanol–water partition coefficient (Wildman–Crippen LogP) is 1.29. The number of likely N-dealkylation sites (tertiary alicyclic amines) is 2. The van der Waals surface area contributed by atoms with Crippen LogP contribution in [0.5, 0.6) is 0 Å². The minimum absolute atomic E-state index is 0.739. The van der Waals surface area contributed by atoms with E-state index in [9.17, 15) is 0 Å². The molecule has 3 fully saturated rings. The summed E-state index contributed by atoms with van der Waals surface area (Å²) in [5.74, 6) is 1.89. The lowest BCUT2D eigenvalue weighted by Gasteiger charge is -2.45. The van der Waals surface area contributed by atoms with Crippen LogP contribution in [0.15, 0.2) is 0 Å². The van der Waals surface area contributed by atoms with E-state index in [4.69, 9.17) is 0 Å². The zero-order valence-corrected chi connectivity index (χ0v) is 15.0. The molecule has 3 heterocycles. The maximum absolute atomic E-state index is 2.73. The van der Waals surface area contributed by atoms with Crippen LogP contribution in [-0.2, 0) is 0 Å². The Kier molecular flexibility index (Phi) is 5.77. The molecule has 0 saturated carbocycles. The average molecular weight is 309 g/mol. The number of piperazine rings is 1. The van der Waals surface area contributed by atoms with Gasteiger partial charge in [-0.1, -0.05) is 0 Å². The first-order valence-corrected chi connectivity index (χ1v) is 9.47. The first kappa shape index (κ1) is 16.7. The van der Waals surface area contributed by atoms with Crippen molar-refractivity contribution in [1.82, 2.24) is 19.6 Å². The summed E-state index contributed by atoms with van der Waals surface area (Å²) in [4.78, 5) is 10.5. The minimum Gasteiger partial charge on any atom is -0.306 e. The Morgan fingerprint density at radius 1 is 0.773 bits per heavy atom. The maximum atomic E-state index is 2.73. The molecule has 3 aliphatic rings. The Morgan fingerprint density at radius 2 is 1.27 bits per heavy atom. The van der Waals surface area contributed by atoms with Gasteiger partial charge in [-0.3, -0.25) is 0 Å². The quantitative estimate of drug-likeness (QED) is 0.759. The largest absolute Gasteiger partial charge is 0.306 e. The molecule has 0 bridgehead atoms. The zero-order valence-electron chi connectivity index (χ0n) is 15.0. The second kappa shape index (κ2) is 7.61. The third kappa shape index (κ3) is 4.44. The molecule has 0 aromatic heterocycles. The molecule has 0 aliphatic carbocycles. The van der Waals surface area contributed by atoms with Gasteiger partial charge in [0.25, 0.3) is 0 Å². The van der Waals surface area contributed by atoms with Gasteiger partial charge in [-0.05, 0) is 58.7 Å². The number of hydrogen-bond acceptors (Lipinski definition) is 4. The van der Waals surface area contributed by atoms with Crippen LogP contribution in [0.2, 0.25) is 0 Å². The van der Waals surface area contributed by atoms with Crippen molar-refractivity contribution >= 4 is 0 Å². The summed E-state index contributed by atoms with van der Waals surface area (Å²) in [5, 5.41) is 0. The molecular weight excluding hydrogens is 272 g/mol. The van der Waals surface area contributed by atoms with Gasteiger partial charge in [0, 0.05) is 58.4 Å². The molecule has 0 aromatic rings. The highest BCUT2D eigenvalue weighted by molar-refractivity contribution is 4.86. The van der Waals surface area contributed by atoms with Crippen molar-refractivity contribution in [1.29, 1.82) is 0 Å². The predicted molar refractivity (Wildman–Crippen MR) is 93.3 cm³/mol. The summed E-state index contributed by atoms with van der Waals surface area (Å²) < 4.78 is 0. The molecule has 0 spiro atoms. The first-order valence-electron chi connectivity index (χ1n) is 9.47. The fraction of sp³-hybridized carbons (Fsp3) is 1.00. The van der Waals surface area contributed by atoms with E-state index in [1.165, 1.54) is 78.3 Å². The van der Waals surface area contributed by atoms with Crippen molar-refractivity contribution < 1.29 is 0 Å². The third-order valence-corrected chi connectivity index (χ3v) is 6.05. The maximum Gasteiger partial charge on any atom is 0.0110 e. The smallest absolute Gasteiger partial charge is 0.0110 e. The molecule has 4 heteroatoms. The van der Waals surface area contributed by atoms with Crippen LogP contribution < -0.4 is 0 Å². The number of nitrogens with zero attached hydrogens (tertiary/aromatic N) is 4. The van der Waals surface area contributed by atoms with E-state index in [-0.39, 0.29) is 0 Å². The van der Waals surface area contributed by atoms with Gasteiger partial charge >= 0.3 is 0 Å². The molecule has 0 amide bonds. The Balaban J connectivity index is 1.30. The van der Waals surface area contributed by atoms with Crippen molar-refractivity contribution in [2.75, 3.05) is 72.5 Å². The lowest BCUT2D eigenvalue weighted by atomic mass is 9.96. The van der Waals surface area contributed by atoms with Gasteiger partial charge in [-0.25, -0.2) is 0 Å². The van der Waals surface area contributed by atoms with Crippen molar-refractivity contribution in [2.24, 2.45) is 11.8 Å². The van der Waals surface area contributed by atoms with Gasteiger partial charge in [0.2, 0.25) is 0 Å². The molecule has 0 atom stereocenters. The molecule has 3 saturated heterocycles. The highest BCUT2D eigenvalue weighted by Gasteiger charge is 2.31. The van der Waals surface area contributed by atoms with E-state index in [1.807, 2.05) is 0 Å². The molecular formula is C18H36N4. The Morgan fingerprint density at radius 3 is 1.77 bits per heavy atom. The first-order chi connectivity index (χ1) is 10.6. The normalized spacial score (nSPS) is 28.4. The summed E-state index contributed by atoms with van der Waals surface area (Å²) in [6.07, 6.45) is 2.81. The van der Waals surface area contributed by atoms with Crippen LogP contribution >= 0.6 is 0 Å². The molecule has 0 radical (unpaired) electrons. The molecule has 3 aliphatic heterocycles. The monoisotopic (exact) mass is 308 g/mol. The molecule has 0 N–H and O–H groups in total. The molecule has 3 rings (SSSR count). The lowest BCUT2D eigenvalue weighted by Crippen LogP contribution is -2.56. The van der Waals surface area contributed by atoms with Crippen LogP contribution in [-0.4, -0.2) is 98.1 Å². The van der Waals surface area contributed by atoms with E-state index in [0.717, 1.165) is 17.9 Å². The second-order valence-electron chi connectivity index (χ2n) is 8.26.